The number of halogens is 3. The third-order valence-electron chi connectivity index (χ3n) is 3.17. The van der Waals surface area contributed by atoms with Crippen LogP contribution >= 0.6 is 11.6 Å². The zero-order chi connectivity index (χ0) is 17.8. The van der Waals surface area contributed by atoms with Gasteiger partial charge in [0.2, 0.25) is 0 Å². The number of hydrogen-bond donors (Lipinski definition) is 1. The van der Waals surface area contributed by atoms with Crippen LogP contribution in [-0.2, 0) is 0 Å². The number of nitrogens with one attached hydrogen (secondary N) is 1. The minimum Gasteiger partial charge on any atom is -0.435 e. The summed E-state index contributed by atoms with van der Waals surface area (Å²) < 4.78 is 33.9. The summed E-state index contributed by atoms with van der Waals surface area (Å²) in [5.74, 6) is -0.235. The summed E-state index contributed by atoms with van der Waals surface area (Å²) in [4.78, 5) is 12.2. The average Bonchev–Trinajstić information content (AvgIpc) is 3.05. The summed E-state index contributed by atoms with van der Waals surface area (Å²) in [7, 11) is 0. The number of benzene rings is 2. The van der Waals surface area contributed by atoms with Gasteiger partial charge in [-0.1, -0.05) is 35.0 Å². The van der Waals surface area contributed by atoms with Gasteiger partial charge in [0.25, 0.3) is 5.91 Å². The lowest BCUT2D eigenvalue weighted by Crippen LogP contribution is -2.12. The Kier molecular flexibility index (Phi) is 4.95. The number of nitrogens with zero attached hydrogens (tertiary/aromatic N) is 1. The van der Waals surface area contributed by atoms with Gasteiger partial charge in [0.15, 0.2) is 11.5 Å². The van der Waals surface area contributed by atoms with Gasteiger partial charge in [-0.25, -0.2) is 0 Å². The molecule has 2 aromatic carbocycles. The lowest BCUT2D eigenvalue weighted by Gasteiger charge is -2.07. The molecular formula is C17H11ClF2N2O3. The van der Waals surface area contributed by atoms with Crippen LogP contribution in [0.5, 0.6) is 5.75 Å². The first-order valence-corrected chi connectivity index (χ1v) is 7.48. The molecule has 1 heterocycles. The van der Waals surface area contributed by atoms with E-state index >= 15 is 0 Å². The predicted molar refractivity (Wildman–Crippen MR) is 88.0 cm³/mol. The molecule has 0 spiro atoms. The quantitative estimate of drug-likeness (QED) is 0.703. The second-order valence-corrected chi connectivity index (χ2v) is 5.38. The van der Waals surface area contributed by atoms with E-state index in [4.69, 9.17) is 16.1 Å². The van der Waals surface area contributed by atoms with E-state index < -0.39 is 12.5 Å². The lowest BCUT2D eigenvalue weighted by atomic mass is 10.1. The number of hydrogen-bond acceptors (Lipinski definition) is 4. The number of alkyl halides is 2. The zero-order valence-corrected chi connectivity index (χ0v) is 13.3. The van der Waals surface area contributed by atoms with Crippen molar-refractivity contribution in [2.24, 2.45) is 0 Å². The Balaban J connectivity index is 1.74. The van der Waals surface area contributed by atoms with E-state index in [-0.39, 0.29) is 17.1 Å². The normalized spacial score (nSPS) is 10.7. The number of ether oxygens (including phenoxy) is 1. The second-order valence-electron chi connectivity index (χ2n) is 4.95. The minimum absolute atomic E-state index is 0.0372. The molecule has 8 heteroatoms. The number of aromatic nitrogens is 1. The zero-order valence-electron chi connectivity index (χ0n) is 12.6. The number of anilines is 1. The molecule has 0 radical (unpaired) electrons. The Morgan fingerprint density at radius 1 is 1.16 bits per heavy atom. The summed E-state index contributed by atoms with van der Waals surface area (Å²) in [5, 5.41) is 6.77. The highest BCUT2D eigenvalue weighted by Crippen LogP contribution is 2.24. The van der Waals surface area contributed by atoms with Gasteiger partial charge in [0.1, 0.15) is 5.75 Å². The van der Waals surface area contributed by atoms with E-state index in [2.05, 4.69) is 15.2 Å². The number of amides is 1. The smallest absolute Gasteiger partial charge is 0.387 e. The van der Waals surface area contributed by atoms with Gasteiger partial charge in [0.05, 0.1) is 0 Å². The van der Waals surface area contributed by atoms with Crippen molar-refractivity contribution < 1.29 is 22.8 Å². The first-order valence-electron chi connectivity index (χ1n) is 7.10. The number of carbonyl (C=O) groups excluding carboxylic acids is 1. The Hall–Kier alpha value is -2.93. The highest BCUT2D eigenvalue weighted by atomic mass is 35.5. The van der Waals surface area contributed by atoms with Gasteiger partial charge >= 0.3 is 6.61 Å². The van der Waals surface area contributed by atoms with Gasteiger partial charge < -0.3 is 14.6 Å². The maximum atomic E-state index is 12.2. The summed E-state index contributed by atoms with van der Waals surface area (Å²) in [5.41, 5.74) is 0.997. The van der Waals surface area contributed by atoms with Crippen molar-refractivity contribution >= 4 is 23.2 Å². The van der Waals surface area contributed by atoms with Crippen LogP contribution in [0.1, 0.15) is 10.5 Å². The van der Waals surface area contributed by atoms with E-state index in [0.717, 1.165) is 0 Å². The highest BCUT2D eigenvalue weighted by molar-refractivity contribution is 6.30. The van der Waals surface area contributed by atoms with Crippen molar-refractivity contribution in [3.8, 4) is 17.1 Å². The van der Waals surface area contributed by atoms with Crippen LogP contribution in [-0.4, -0.2) is 17.7 Å². The Morgan fingerprint density at radius 3 is 2.72 bits per heavy atom. The van der Waals surface area contributed by atoms with E-state index in [0.29, 0.717) is 16.3 Å². The van der Waals surface area contributed by atoms with Gasteiger partial charge in [-0.3, -0.25) is 4.79 Å². The summed E-state index contributed by atoms with van der Waals surface area (Å²) >= 11 is 5.92. The molecule has 0 unspecified atom stereocenters. The van der Waals surface area contributed by atoms with Crippen molar-refractivity contribution in [3.63, 3.8) is 0 Å². The molecule has 0 atom stereocenters. The van der Waals surface area contributed by atoms with Crippen LogP contribution in [0, 0.1) is 0 Å². The molecule has 0 bridgehead atoms. The third-order valence-corrected chi connectivity index (χ3v) is 3.40. The Morgan fingerprint density at radius 2 is 1.96 bits per heavy atom. The molecule has 0 aliphatic heterocycles. The van der Waals surface area contributed by atoms with Gasteiger partial charge in [-0.15, -0.1) is 0 Å². The maximum Gasteiger partial charge on any atom is 0.387 e. The number of rotatable bonds is 5. The third kappa shape index (κ3) is 4.33. The van der Waals surface area contributed by atoms with E-state index in [1.165, 1.54) is 30.3 Å². The molecule has 1 amide bonds. The molecule has 3 aromatic rings. The summed E-state index contributed by atoms with van der Waals surface area (Å²) in [6.45, 7) is -2.94. The van der Waals surface area contributed by atoms with Crippen molar-refractivity contribution in [1.82, 2.24) is 5.16 Å². The fourth-order valence-electron chi connectivity index (χ4n) is 2.11. The molecule has 0 aliphatic carbocycles. The molecule has 5 nitrogen and oxygen atoms in total. The molecule has 1 aromatic heterocycles. The molecule has 0 aliphatic rings. The lowest BCUT2D eigenvalue weighted by molar-refractivity contribution is -0.0497. The van der Waals surface area contributed by atoms with Crippen LogP contribution in [0.3, 0.4) is 0 Å². The fourth-order valence-corrected chi connectivity index (χ4v) is 2.30. The van der Waals surface area contributed by atoms with Crippen LogP contribution in [0.4, 0.5) is 14.5 Å². The SMILES string of the molecule is O=C(Nc1cccc(OC(F)F)c1)c1cc(-c2cccc(Cl)c2)on1. The van der Waals surface area contributed by atoms with Gasteiger partial charge in [-0.05, 0) is 24.3 Å². The summed E-state index contributed by atoms with van der Waals surface area (Å²) in [6, 6.07) is 14.0. The monoisotopic (exact) mass is 364 g/mol. The Bertz CT molecular complexity index is 899. The topological polar surface area (TPSA) is 64.4 Å². The predicted octanol–water partition coefficient (Wildman–Crippen LogP) is 4.85. The molecule has 25 heavy (non-hydrogen) atoms. The molecular weight excluding hydrogens is 354 g/mol. The first-order chi connectivity index (χ1) is 12.0. The van der Waals surface area contributed by atoms with Crippen molar-refractivity contribution in [3.05, 3.63) is 65.3 Å². The van der Waals surface area contributed by atoms with Crippen LogP contribution in [0.15, 0.2) is 59.1 Å². The maximum absolute atomic E-state index is 12.2. The van der Waals surface area contributed by atoms with Crippen molar-refractivity contribution in [2.75, 3.05) is 5.32 Å². The van der Waals surface area contributed by atoms with E-state index in [9.17, 15) is 13.6 Å². The highest BCUT2D eigenvalue weighted by Gasteiger charge is 2.15. The Labute approximate surface area is 146 Å². The van der Waals surface area contributed by atoms with Crippen LogP contribution in [0.25, 0.3) is 11.3 Å². The van der Waals surface area contributed by atoms with E-state index in [1.54, 1.807) is 24.3 Å². The molecule has 0 saturated carbocycles. The largest absolute Gasteiger partial charge is 0.435 e. The minimum atomic E-state index is -2.94. The molecule has 0 fully saturated rings. The average molecular weight is 365 g/mol. The standard InChI is InChI=1S/C17H11ClF2N2O3/c18-11-4-1-3-10(7-11)15-9-14(22-25-15)16(23)21-12-5-2-6-13(8-12)24-17(19)20/h1-9,17H,(H,21,23). The van der Waals surface area contributed by atoms with Crippen molar-refractivity contribution in [1.29, 1.82) is 0 Å². The van der Waals surface area contributed by atoms with Crippen molar-refractivity contribution in [2.45, 2.75) is 6.61 Å². The second kappa shape index (κ2) is 7.31. The van der Waals surface area contributed by atoms with Crippen LogP contribution < -0.4 is 10.1 Å². The fraction of sp³-hybridized carbons (Fsp3) is 0.0588. The number of carbonyl (C=O) groups is 1. The van der Waals surface area contributed by atoms with Gasteiger partial charge in [-0.2, -0.15) is 8.78 Å². The first kappa shape index (κ1) is 16.9. The van der Waals surface area contributed by atoms with Crippen LogP contribution in [0.2, 0.25) is 5.02 Å². The molecule has 1 N–H and O–H groups in total. The molecule has 0 saturated heterocycles. The molecule has 3 rings (SSSR count). The summed E-state index contributed by atoms with van der Waals surface area (Å²) in [6.07, 6.45) is 0. The molecule has 128 valence electrons. The van der Waals surface area contributed by atoms with E-state index in [1.807, 2.05) is 0 Å². The van der Waals surface area contributed by atoms with Gasteiger partial charge in [0, 0.05) is 28.4 Å².